The monoisotopic (exact) mass is 283 g/mol. The number of pyridine rings is 1. The van der Waals surface area contributed by atoms with Crippen molar-refractivity contribution in [3.05, 3.63) is 23.6 Å². The summed E-state index contributed by atoms with van der Waals surface area (Å²) in [5, 5.41) is 5.28. The first-order valence-electron chi connectivity index (χ1n) is 6.35. The molecular formula is C13H18FN3O3. The van der Waals surface area contributed by atoms with Gasteiger partial charge in [-0.2, -0.15) is 0 Å². The molecule has 20 heavy (non-hydrogen) atoms. The Balaban J connectivity index is 2.05. The van der Waals surface area contributed by atoms with E-state index in [2.05, 4.69) is 15.6 Å². The maximum atomic E-state index is 14.0. The van der Waals surface area contributed by atoms with Crippen LogP contribution >= 0.6 is 0 Å². The summed E-state index contributed by atoms with van der Waals surface area (Å²) in [6, 6.07) is 1.34. The predicted molar refractivity (Wildman–Crippen MR) is 71.3 cm³/mol. The van der Waals surface area contributed by atoms with Crippen molar-refractivity contribution in [1.82, 2.24) is 10.3 Å². The number of amides is 1. The fourth-order valence-electron chi connectivity index (χ4n) is 2.09. The number of hydrogen-bond acceptors (Lipinski definition) is 5. The maximum Gasteiger partial charge on any atom is 0.254 e. The van der Waals surface area contributed by atoms with Crippen molar-refractivity contribution in [2.45, 2.75) is 12.0 Å². The molecule has 1 saturated heterocycles. The molecule has 6 nitrogen and oxygen atoms in total. The van der Waals surface area contributed by atoms with Gasteiger partial charge in [-0.15, -0.1) is 0 Å². The van der Waals surface area contributed by atoms with Gasteiger partial charge in [-0.05, 0) is 6.07 Å². The number of nitrogens with one attached hydrogen (secondary N) is 2. The van der Waals surface area contributed by atoms with Gasteiger partial charge in [-0.3, -0.25) is 4.79 Å². The van der Waals surface area contributed by atoms with Crippen molar-refractivity contribution in [3.63, 3.8) is 0 Å². The largest absolute Gasteiger partial charge is 0.378 e. The minimum Gasteiger partial charge on any atom is -0.378 e. The highest BCUT2D eigenvalue weighted by Gasteiger charge is 2.35. The van der Waals surface area contributed by atoms with E-state index in [9.17, 15) is 9.18 Å². The zero-order valence-corrected chi connectivity index (χ0v) is 11.5. The normalized spacial score (nSPS) is 21.8. The van der Waals surface area contributed by atoms with Crippen LogP contribution < -0.4 is 10.6 Å². The third-order valence-electron chi connectivity index (χ3n) is 3.44. The minimum absolute atomic E-state index is 0.0447. The van der Waals surface area contributed by atoms with E-state index >= 15 is 0 Å². The highest BCUT2D eigenvalue weighted by atomic mass is 19.1. The van der Waals surface area contributed by atoms with Crippen LogP contribution in [0.5, 0.6) is 0 Å². The second-order valence-electron chi connectivity index (χ2n) is 4.64. The lowest BCUT2D eigenvalue weighted by Gasteiger charge is -2.25. The summed E-state index contributed by atoms with van der Waals surface area (Å²) >= 11 is 0. The zero-order valence-electron chi connectivity index (χ0n) is 11.5. The molecule has 2 N–H and O–H groups in total. The Morgan fingerprint density at radius 2 is 2.45 bits per heavy atom. The summed E-state index contributed by atoms with van der Waals surface area (Å²) in [5.74, 6) is -1.12. The van der Waals surface area contributed by atoms with Crippen molar-refractivity contribution in [2.75, 3.05) is 39.2 Å². The van der Waals surface area contributed by atoms with Crippen LogP contribution in [0, 0.1) is 5.82 Å². The first-order chi connectivity index (χ1) is 9.62. The van der Waals surface area contributed by atoms with Crippen molar-refractivity contribution in [2.24, 2.45) is 0 Å². The first kappa shape index (κ1) is 14.7. The molecule has 0 bridgehead atoms. The molecule has 1 aromatic rings. The van der Waals surface area contributed by atoms with Crippen LogP contribution in [-0.4, -0.2) is 50.4 Å². The average molecular weight is 283 g/mol. The van der Waals surface area contributed by atoms with E-state index in [4.69, 9.17) is 9.47 Å². The minimum atomic E-state index is -0.665. The summed E-state index contributed by atoms with van der Waals surface area (Å²) in [5.41, 5.74) is -0.570. The quantitative estimate of drug-likeness (QED) is 0.836. The van der Waals surface area contributed by atoms with Gasteiger partial charge in [-0.1, -0.05) is 0 Å². The summed E-state index contributed by atoms with van der Waals surface area (Å²) in [6.45, 7) is 1.29. The third-order valence-corrected chi connectivity index (χ3v) is 3.44. The molecule has 1 amide bonds. The molecule has 2 heterocycles. The standard InChI is InChI=1S/C13H18FN3O3/c1-15-11-10(14)9(3-5-16-11)12(18)17-7-13(19-2)4-6-20-8-13/h3,5H,4,6-8H2,1-2H3,(H,15,16)(H,17,18). The van der Waals surface area contributed by atoms with E-state index in [1.54, 1.807) is 14.2 Å². The average Bonchev–Trinajstić information content (AvgIpc) is 2.94. The Labute approximate surface area is 116 Å². The van der Waals surface area contributed by atoms with E-state index < -0.39 is 17.3 Å². The number of hydrogen-bond donors (Lipinski definition) is 2. The van der Waals surface area contributed by atoms with E-state index in [0.717, 1.165) is 0 Å². The number of ether oxygens (including phenoxy) is 2. The number of aromatic nitrogens is 1. The molecule has 1 unspecified atom stereocenters. The number of carbonyl (C=O) groups is 1. The molecule has 1 aromatic heterocycles. The maximum absolute atomic E-state index is 14.0. The summed E-state index contributed by atoms with van der Waals surface area (Å²) in [6.07, 6.45) is 2.08. The molecule has 0 aromatic carbocycles. The van der Waals surface area contributed by atoms with Gasteiger partial charge < -0.3 is 20.1 Å². The number of methoxy groups -OCH3 is 1. The Morgan fingerprint density at radius 3 is 3.05 bits per heavy atom. The Kier molecular flexibility index (Phi) is 4.51. The third kappa shape index (κ3) is 2.88. The van der Waals surface area contributed by atoms with E-state index in [0.29, 0.717) is 19.6 Å². The second-order valence-corrected chi connectivity index (χ2v) is 4.64. The molecule has 1 aliphatic heterocycles. The predicted octanol–water partition coefficient (Wildman–Crippen LogP) is 0.798. The lowest BCUT2D eigenvalue weighted by Crippen LogP contribution is -2.45. The Bertz CT molecular complexity index is 490. The molecule has 110 valence electrons. The van der Waals surface area contributed by atoms with Crippen LogP contribution in [0.1, 0.15) is 16.8 Å². The smallest absolute Gasteiger partial charge is 0.254 e. The summed E-state index contributed by atoms with van der Waals surface area (Å²) in [4.78, 5) is 15.8. The fourth-order valence-corrected chi connectivity index (χ4v) is 2.09. The summed E-state index contributed by atoms with van der Waals surface area (Å²) < 4.78 is 24.6. The molecular weight excluding hydrogens is 265 g/mol. The van der Waals surface area contributed by atoms with Crippen LogP contribution in [0.15, 0.2) is 12.3 Å². The van der Waals surface area contributed by atoms with Gasteiger partial charge in [-0.25, -0.2) is 9.37 Å². The highest BCUT2D eigenvalue weighted by molar-refractivity contribution is 5.95. The van der Waals surface area contributed by atoms with Crippen molar-refractivity contribution >= 4 is 11.7 Å². The lowest BCUT2D eigenvalue weighted by atomic mass is 10.0. The fraction of sp³-hybridized carbons (Fsp3) is 0.538. The van der Waals surface area contributed by atoms with Crippen LogP contribution in [-0.2, 0) is 9.47 Å². The van der Waals surface area contributed by atoms with Crippen molar-refractivity contribution in [1.29, 1.82) is 0 Å². The topological polar surface area (TPSA) is 72.5 Å². The van der Waals surface area contributed by atoms with E-state index in [-0.39, 0.29) is 17.9 Å². The molecule has 0 aliphatic carbocycles. The molecule has 1 fully saturated rings. The van der Waals surface area contributed by atoms with Crippen molar-refractivity contribution < 1.29 is 18.7 Å². The van der Waals surface area contributed by atoms with Gasteiger partial charge in [0.05, 0.1) is 12.2 Å². The lowest BCUT2D eigenvalue weighted by molar-refractivity contribution is -0.0149. The van der Waals surface area contributed by atoms with Gasteiger partial charge in [0.1, 0.15) is 5.60 Å². The van der Waals surface area contributed by atoms with Crippen molar-refractivity contribution in [3.8, 4) is 0 Å². The second kappa shape index (κ2) is 6.15. The number of carbonyl (C=O) groups excluding carboxylic acids is 1. The molecule has 0 spiro atoms. The Morgan fingerprint density at radius 1 is 1.65 bits per heavy atom. The first-order valence-corrected chi connectivity index (χ1v) is 6.35. The van der Waals surface area contributed by atoms with Gasteiger partial charge in [0, 0.05) is 39.9 Å². The SMILES string of the molecule is CNc1nccc(C(=O)NCC2(OC)CCOC2)c1F. The number of rotatable bonds is 5. The van der Waals surface area contributed by atoms with Gasteiger partial charge in [0.25, 0.3) is 5.91 Å². The molecule has 7 heteroatoms. The molecule has 0 saturated carbocycles. The number of anilines is 1. The van der Waals surface area contributed by atoms with Crippen LogP contribution in [0.2, 0.25) is 0 Å². The summed E-state index contributed by atoms with van der Waals surface area (Å²) in [7, 11) is 3.12. The van der Waals surface area contributed by atoms with Crippen LogP contribution in [0.4, 0.5) is 10.2 Å². The van der Waals surface area contributed by atoms with Gasteiger partial charge >= 0.3 is 0 Å². The van der Waals surface area contributed by atoms with Crippen LogP contribution in [0.3, 0.4) is 0 Å². The zero-order chi connectivity index (χ0) is 14.6. The number of halogens is 1. The molecule has 1 atom stereocenters. The van der Waals surface area contributed by atoms with Gasteiger partial charge in [0.2, 0.25) is 0 Å². The molecule has 1 aliphatic rings. The number of nitrogens with zero attached hydrogens (tertiary/aromatic N) is 1. The molecule has 0 radical (unpaired) electrons. The van der Waals surface area contributed by atoms with Gasteiger partial charge in [0.15, 0.2) is 11.6 Å². The van der Waals surface area contributed by atoms with E-state index in [1.165, 1.54) is 12.3 Å². The molecule has 2 rings (SSSR count). The van der Waals surface area contributed by atoms with Crippen LogP contribution in [0.25, 0.3) is 0 Å². The highest BCUT2D eigenvalue weighted by Crippen LogP contribution is 2.22. The van der Waals surface area contributed by atoms with E-state index in [1.807, 2.05) is 0 Å². The Hall–Kier alpha value is -1.73.